The summed E-state index contributed by atoms with van der Waals surface area (Å²) in [6.45, 7) is 3.54. The van der Waals surface area contributed by atoms with Gasteiger partial charge in [-0.3, -0.25) is 4.79 Å². The Kier molecular flexibility index (Phi) is 5.17. The molecule has 6 nitrogen and oxygen atoms in total. The summed E-state index contributed by atoms with van der Waals surface area (Å²) >= 11 is 3.25. The molecule has 1 aromatic rings. The highest BCUT2D eigenvalue weighted by Gasteiger charge is 2.23. The van der Waals surface area contributed by atoms with E-state index < -0.39 is 15.6 Å². The van der Waals surface area contributed by atoms with Crippen molar-refractivity contribution in [3.63, 3.8) is 0 Å². The Balaban J connectivity index is 2.69. The molecule has 0 saturated carbocycles. The second kappa shape index (κ2) is 6.11. The minimum Gasteiger partial charge on any atom is -0.398 e. The lowest BCUT2D eigenvalue weighted by atomic mass is 10.1. The molecule has 112 valence electrons. The monoisotopic (exact) mass is 363 g/mol. The molecule has 4 N–H and O–H groups in total. The quantitative estimate of drug-likeness (QED) is 0.681. The molecule has 0 atom stereocenters. The van der Waals surface area contributed by atoms with Gasteiger partial charge in [-0.25, -0.2) is 13.1 Å². The Bertz CT molecular complexity index is 614. The molecular formula is C12H18BrN3O3S. The summed E-state index contributed by atoms with van der Waals surface area (Å²) in [6, 6.07) is 4.84. The van der Waals surface area contributed by atoms with E-state index >= 15 is 0 Å². The SMILES string of the molecule is CC(C)(CNC(=O)c1ccc(N)c(Br)c1)NS(C)(=O)=O. The molecule has 1 amide bonds. The van der Waals surface area contributed by atoms with E-state index in [4.69, 9.17) is 5.73 Å². The van der Waals surface area contributed by atoms with Gasteiger partial charge < -0.3 is 11.1 Å². The summed E-state index contributed by atoms with van der Waals surface area (Å²) < 4.78 is 25.5. The number of nitrogens with two attached hydrogens (primary N) is 1. The highest BCUT2D eigenvalue weighted by atomic mass is 79.9. The number of hydrogen-bond acceptors (Lipinski definition) is 4. The van der Waals surface area contributed by atoms with E-state index in [0.717, 1.165) is 6.26 Å². The number of carbonyl (C=O) groups excluding carboxylic acids is 1. The van der Waals surface area contributed by atoms with Gasteiger partial charge in [0.15, 0.2) is 0 Å². The average Bonchev–Trinajstić information content (AvgIpc) is 2.26. The van der Waals surface area contributed by atoms with Gasteiger partial charge in [-0.15, -0.1) is 0 Å². The number of carbonyl (C=O) groups is 1. The van der Waals surface area contributed by atoms with Gasteiger partial charge in [0.05, 0.1) is 6.26 Å². The molecule has 1 rings (SSSR count). The summed E-state index contributed by atoms with van der Waals surface area (Å²) in [7, 11) is -3.33. The highest BCUT2D eigenvalue weighted by molar-refractivity contribution is 9.10. The van der Waals surface area contributed by atoms with Crippen molar-refractivity contribution in [1.29, 1.82) is 0 Å². The first-order chi connectivity index (χ1) is 9.00. The van der Waals surface area contributed by atoms with Crippen LogP contribution in [-0.4, -0.2) is 32.7 Å². The maximum Gasteiger partial charge on any atom is 0.251 e. The van der Waals surface area contributed by atoms with Crippen LogP contribution in [0.5, 0.6) is 0 Å². The van der Waals surface area contributed by atoms with Crippen molar-refractivity contribution in [2.24, 2.45) is 0 Å². The van der Waals surface area contributed by atoms with Gasteiger partial charge in [-0.2, -0.15) is 0 Å². The number of sulfonamides is 1. The van der Waals surface area contributed by atoms with E-state index in [1.54, 1.807) is 32.0 Å². The van der Waals surface area contributed by atoms with Crippen molar-refractivity contribution in [1.82, 2.24) is 10.0 Å². The van der Waals surface area contributed by atoms with Crippen LogP contribution in [0.25, 0.3) is 0 Å². The van der Waals surface area contributed by atoms with E-state index in [1.807, 2.05) is 0 Å². The third-order valence-corrected chi connectivity index (χ3v) is 4.03. The molecule has 0 spiro atoms. The number of benzene rings is 1. The molecule has 0 unspecified atom stereocenters. The van der Waals surface area contributed by atoms with Crippen LogP contribution < -0.4 is 15.8 Å². The van der Waals surface area contributed by atoms with Crippen LogP contribution in [-0.2, 0) is 10.0 Å². The molecule has 0 aromatic heterocycles. The number of hydrogen-bond donors (Lipinski definition) is 3. The Morgan fingerprint density at radius 1 is 1.40 bits per heavy atom. The fraction of sp³-hybridized carbons (Fsp3) is 0.417. The fourth-order valence-electron chi connectivity index (χ4n) is 1.61. The molecule has 0 bridgehead atoms. The lowest BCUT2D eigenvalue weighted by Gasteiger charge is -2.25. The van der Waals surface area contributed by atoms with Crippen molar-refractivity contribution >= 4 is 37.5 Å². The zero-order valence-corrected chi connectivity index (χ0v) is 13.9. The van der Waals surface area contributed by atoms with Gasteiger partial charge in [0, 0.05) is 27.8 Å². The second-order valence-corrected chi connectivity index (χ2v) is 7.78. The predicted octanol–water partition coefficient (Wildman–Crippen LogP) is 1.09. The first-order valence-electron chi connectivity index (χ1n) is 5.82. The molecule has 1 aromatic carbocycles. The maximum atomic E-state index is 12.0. The van der Waals surface area contributed by atoms with Gasteiger partial charge in [0.1, 0.15) is 0 Å². The number of rotatable bonds is 5. The minimum absolute atomic E-state index is 0.168. The smallest absolute Gasteiger partial charge is 0.251 e. The van der Waals surface area contributed by atoms with E-state index in [1.165, 1.54) is 0 Å². The number of nitrogen functional groups attached to an aromatic ring is 1. The molecule has 0 aliphatic rings. The van der Waals surface area contributed by atoms with Crippen LogP contribution in [0.1, 0.15) is 24.2 Å². The molecule has 8 heteroatoms. The lowest BCUT2D eigenvalue weighted by molar-refractivity contribution is 0.0944. The first kappa shape index (κ1) is 16.9. The lowest BCUT2D eigenvalue weighted by Crippen LogP contribution is -2.51. The molecule has 0 aliphatic heterocycles. The van der Waals surface area contributed by atoms with Gasteiger partial charge in [-0.05, 0) is 48.0 Å². The van der Waals surface area contributed by atoms with Crippen molar-refractivity contribution in [3.8, 4) is 0 Å². The molecule has 0 fully saturated rings. The normalized spacial score (nSPS) is 12.2. The molecule has 20 heavy (non-hydrogen) atoms. The minimum atomic E-state index is -3.33. The Labute approximate surface area is 127 Å². The molecule has 0 radical (unpaired) electrons. The van der Waals surface area contributed by atoms with Crippen LogP contribution in [0.3, 0.4) is 0 Å². The summed E-state index contributed by atoms with van der Waals surface area (Å²) in [6.07, 6.45) is 1.08. The maximum absolute atomic E-state index is 12.0. The van der Waals surface area contributed by atoms with E-state index in [0.29, 0.717) is 15.7 Å². The predicted molar refractivity (Wildman–Crippen MR) is 82.9 cm³/mol. The van der Waals surface area contributed by atoms with E-state index in [2.05, 4.69) is 26.0 Å². The molecular weight excluding hydrogens is 346 g/mol. The Morgan fingerprint density at radius 2 is 2.00 bits per heavy atom. The van der Waals surface area contributed by atoms with Crippen LogP contribution in [0.2, 0.25) is 0 Å². The van der Waals surface area contributed by atoms with Crippen molar-refractivity contribution in [2.45, 2.75) is 19.4 Å². The summed E-state index contributed by atoms with van der Waals surface area (Å²) in [5, 5.41) is 2.68. The van der Waals surface area contributed by atoms with Crippen molar-refractivity contribution < 1.29 is 13.2 Å². The van der Waals surface area contributed by atoms with Gasteiger partial charge in [-0.1, -0.05) is 0 Å². The van der Waals surface area contributed by atoms with Gasteiger partial charge in [0.25, 0.3) is 5.91 Å². The van der Waals surface area contributed by atoms with Crippen molar-refractivity contribution in [3.05, 3.63) is 28.2 Å². The Morgan fingerprint density at radius 3 is 2.50 bits per heavy atom. The third kappa shape index (κ3) is 5.48. The number of halogens is 1. The topological polar surface area (TPSA) is 101 Å². The largest absolute Gasteiger partial charge is 0.398 e. The van der Waals surface area contributed by atoms with Gasteiger partial charge in [0.2, 0.25) is 10.0 Å². The molecule has 0 aliphatic carbocycles. The van der Waals surface area contributed by atoms with Crippen LogP contribution in [0.15, 0.2) is 22.7 Å². The average molecular weight is 364 g/mol. The van der Waals surface area contributed by atoms with Crippen LogP contribution in [0.4, 0.5) is 5.69 Å². The van der Waals surface area contributed by atoms with Crippen LogP contribution >= 0.6 is 15.9 Å². The molecule has 0 saturated heterocycles. The second-order valence-electron chi connectivity index (χ2n) is 5.18. The molecule has 0 heterocycles. The fourth-order valence-corrected chi connectivity index (χ4v) is 3.06. The van der Waals surface area contributed by atoms with E-state index in [9.17, 15) is 13.2 Å². The summed E-state index contributed by atoms with van der Waals surface area (Å²) in [4.78, 5) is 12.0. The first-order valence-corrected chi connectivity index (χ1v) is 8.51. The highest BCUT2D eigenvalue weighted by Crippen LogP contribution is 2.20. The zero-order valence-electron chi connectivity index (χ0n) is 11.5. The number of anilines is 1. The Hall–Kier alpha value is -1.12. The summed E-state index contributed by atoms with van der Waals surface area (Å²) in [5.41, 5.74) is 5.86. The van der Waals surface area contributed by atoms with Crippen LogP contribution in [0, 0.1) is 0 Å². The van der Waals surface area contributed by atoms with Crippen molar-refractivity contribution in [2.75, 3.05) is 18.5 Å². The standard InChI is InChI=1S/C12H18BrN3O3S/c1-12(2,16-20(3,18)19)7-15-11(17)8-4-5-10(14)9(13)6-8/h4-6,16H,7,14H2,1-3H3,(H,15,17). The van der Waals surface area contributed by atoms with E-state index in [-0.39, 0.29) is 12.5 Å². The number of amides is 1. The zero-order chi connectivity index (χ0) is 15.6. The number of nitrogens with one attached hydrogen (secondary N) is 2. The van der Waals surface area contributed by atoms with Gasteiger partial charge >= 0.3 is 0 Å². The summed E-state index contributed by atoms with van der Waals surface area (Å²) in [5.74, 6) is -0.297. The third-order valence-electron chi connectivity index (χ3n) is 2.42.